The van der Waals surface area contributed by atoms with Gasteiger partial charge in [0.15, 0.2) is 0 Å². The molecule has 2 aliphatic rings. The number of aromatic nitrogens is 2. The normalized spacial score (nSPS) is 26.6. The lowest BCUT2D eigenvalue weighted by molar-refractivity contribution is 0.173. The summed E-state index contributed by atoms with van der Waals surface area (Å²) in [5, 5.41) is 5.80. The Hall–Kier alpha value is -1.20. The summed E-state index contributed by atoms with van der Waals surface area (Å²) >= 11 is 1.79. The summed E-state index contributed by atoms with van der Waals surface area (Å²) in [6, 6.07) is 0. The largest absolute Gasteiger partial charge is 0.355 e. The average Bonchev–Trinajstić information content (AvgIpc) is 2.90. The molecule has 0 saturated carbocycles. The van der Waals surface area contributed by atoms with Crippen molar-refractivity contribution in [3.63, 3.8) is 0 Å². The predicted molar refractivity (Wildman–Crippen MR) is 88.1 cm³/mol. The quantitative estimate of drug-likeness (QED) is 0.879. The average molecular weight is 302 g/mol. The number of nitrogens with one attached hydrogen (secondary N) is 1. The molecular weight excluding hydrogens is 280 g/mol. The van der Waals surface area contributed by atoms with Crippen LogP contribution in [0.1, 0.15) is 31.2 Å². The minimum Gasteiger partial charge on any atom is -0.355 e. The Balaban J connectivity index is 1.68. The van der Waals surface area contributed by atoms with E-state index in [9.17, 15) is 0 Å². The highest BCUT2D eigenvalue weighted by Crippen LogP contribution is 2.39. The van der Waals surface area contributed by atoms with Gasteiger partial charge in [-0.2, -0.15) is 0 Å². The van der Waals surface area contributed by atoms with Crippen molar-refractivity contribution in [2.24, 2.45) is 5.41 Å². The fraction of sp³-hybridized carbons (Fsp3) is 0.625. The van der Waals surface area contributed by atoms with Crippen LogP contribution in [0.3, 0.4) is 0 Å². The topological polar surface area (TPSA) is 41.0 Å². The fourth-order valence-electron chi connectivity index (χ4n) is 3.95. The highest BCUT2D eigenvalue weighted by atomic mass is 32.1. The molecule has 1 N–H and O–H groups in total. The van der Waals surface area contributed by atoms with Gasteiger partial charge in [-0.3, -0.25) is 0 Å². The SMILES string of the molecule is Cc1csc2c(N3CCCC4(CCCNC4)C3)ncnc12. The number of hydrogen-bond donors (Lipinski definition) is 1. The molecule has 2 fully saturated rings. The van der Waals surface area contributed by atoms with E-state index in [1.807, 2.05) is 0 Å². The molecule has 0 amide bonds. The van der Waals surface area contributed by atoms with E-state index in [1.54, 1.807) is 17.7 Å². The van der Waals surface area contributed by atoms with E-state index in [0.717, 1.165) is 24.4 Å². The zero-order valence-electron chi connectivity index (χ0n) is 12.6. The first kappa shape index (κ1) is 13.5. The molecule has 4 heterocycles. The van der Waals surface area contributed by atoms with Crippen molar-refractivity contribution < 1.29 is 0 Å². The van der Waals surface area contributed by atoms with Crippen LogP contribution in [0.25, 0.3) is 10.2 Å². The van der Waals surface area contributed by atoms with Crippen molar-refractivity contribution in [1.29, 1.82) is 0 Å². The molecule has 0 aliphatic carbocycles. The molecule has 0 radical (unpaired) electrons. The third kappa shape index (κ3) is 2.32. The molecule has 112 valence electrons. The van der Waals surface area contributed by atoms with Crippen LogP contribution >= 0.6 is 11.3 Å². The van der Waals surface area contributed by atoms with Crippen LogP contribution < -0.4 is 10.2 Å². The predicted octanol–water partition coefficient (Wildman–Crippen LogP) is 2.97. The zero-order chi connectivity index (χ0) is 14.3. The summed E-state index contributed by atoms with van der Waals surface area (Å²) in [6.07, 6.45) is 7.03. The van der Waals surface area contributed by atoms with Gasteiger partial charge >= 0.3 is 0 Å². The molecule has 5 heteroatoms. The lowest BCUT2D eigenvalue weighted by Gasteiger charge is -2.45. The summed E-state index contributed by atoms with van der Waals surface area (Å²) in [5.41, 5.74) is 2.86. The maximum absolute atomic E-state index is 4.63. The van der Waals surface area contributed by atoms with Gasteiger partial charge in [-0.25, -0.2) is 9.97 Å². The fourth-order valence-corrected chi connectivity index (χ4v) is 4.97. The number of hydrogen-bond acceptors (Lipinski definition) is 5. The van der Waals surface area contributed by atoms with Crippen LogP contribution in [0.2, 0.25) is 0 Å². The van der Waals surface area contributed by atoms with Crippen LogP contribution in [-0.4, -0.2) is 36.1 Å². The summed E-state index contributed by atoms with van der Waals surface area (Å²) < 4.78 is 1.26. The van der Waals surface area contributed by atoms with E-state index >= 15 is 0 Å². The van der Waals surface area contributed by atoms with Gasteiger partial charge in [-0.1, -0.05) is 0 Å². The van der Waals surface area contributed by atoms with Crippen LogP contribution in [0.5, 0.6) is 0 Å². The number of rotatable bonds is 1. The number of nitrogens with zero attached hydrogens (tertiary/aromatic N) is 3. The second kappa shape index (κ2) is 5.21. The highest BCUT2D eigenvalue weighted by Gasteiger charge is 2.37. The molecule has 0 bridgehead atoms. The standard InChI is InChI=1S/C16H22N4S/c1-12-8-21-14-13(12)18-11-19-15(14)20-7-3-5-16(10-20)4-2-6-17-9-16/h8,11,17H,2-7,9-10H2,1H3. The van der Waals surface area contributed by atoms with Crippen LogP contribution in [0.15, 0.2) is 11.7 Å². The third-order valence-corrected chi connectivity index (χ3v) is 6.12. The van der Waals surface area contributed by atoms with Crippen molar-refractivity contribution in [2.45, 2.75) is 32.6 Å². The molecule has 2 aliphatic heterocycles. The lowest BCUT2D eigenvalue weighted by Crippen LogP contribution is -2.51. The Morgan fingerprint density at radius 3 is 3.05 bits per heavy atom. The molecule has 2 saturated heterocycles. The molecular formula is C16H22N4S. The number of anilines is 1. The van der Waals surface area contributed by atoms with Gasteiger partial charge in [-0.05, 0) is 50.1 Å². The molecule has 2 aromatic heterocycles. The number of aryl methyl sites for hydroxylation is 1. The van der Waals surface area contributed by atoms with Gasteiger partial charge in [0.25, 0.3) is 0 Å². The van der Waals surface area contributed by atoms with Crippen LogP contribution in [-0.2, 0) is 0 Å². The van der Waals surface area contributed by atoms with Crippen LogP contribution in [0, 0.1) is 12.3 Å². The highest BCUT2D eigenvalue weighted by molar-refractivity contribution is 7.18. The van der Waals surface area contributed by atoms with Gasteiger partial charge in [0.1, 0.15) is 12.1 Å². The first-order valence-electron chi connectivity index (χ1n) is 7.92. The molecule has 0 aromatic carbocycles. The van der Waals surface area contributed by atoms with Crippen molar-refractivity contribution in [3.8, 4) is 0 Å². The van der Waals surface area contributed by atoms with Gasteiger partial charge in [0.05, 0.1) is 10.2 Å². The molecule has 1 atom stereocenters. The Labute approximate surface area is 129 Å². The Morgan fingerprint density at radius 1 is 1.29 bits per heavy atom. The number of thiophene rings is 1. The maximum Gasteiger partial charge on any atom is 0.150 e. The second-order valence-corrected chi connectivity index (χ2v) is 7.48. The van der Waals surface area contributed by atoms with E-state index in [1.165, 1.54) is 49.0 Å². The van der Waals surface area contributed by atoms with Gasteiger partial charge in [0.2, 0.25) is 0 Å². The lowest BCUT2D eigenvalue weighted by atomic mass is 9.74. The number of fused-ring (bicyclic) bond motifs is 1. The third-order valence-electron chi connectivity index (χ3n) is 5.03. The van der Waals surface area contributed by atoms with Crippen molar-refractivity contribution in [1.82, 2.24) is 15.3 Å². The van der Waals surface area contributed by atoms with Crippen molar-refractivity contribution in [3.05, 3.63) is 17.3 Å². The summed E-state index contributed by atoms with van der Waals surface area (Å²) in [6.45, 7) is 6.76. The maximum atomic E-state index is 4.63. The first-order chi connectivity index (χ1) is 10.3. The number of piperidine rings is 2. The molecule has 2 aromatic rings. The molecule has 21 heavy (non-hydrogen) atoms. The Kier molecular flexibility index (Phi) is 3.34. The minimum absolute atomic E-state index is 0.458. The summed E-state index contributed by atoms with van der Waals surface area (Å²) in [7, 11) is 0. The molecule has 4 nitrogen and oxygen atoms in total. The van der Waals surface area contributed by atoms with Crippen LogP contribution in [0.4, 0.5) is 5.82 Å². The van der Waals surface area contributed by atoms with Gasteiger partial charge < -0.3 is 10.2 Å². The Morgan fingerprint density at radius 2 is 2.19 bits per heavy atom. The van der Waals surface area contributed by atoms with Gasteiger partial charge in [0, 0.05) is 25.0 Å². The van der Waals surface area contributed by atoms with Crippen molar-refractivity contribution in [2.75, 3.05) is 31.1 Å². The van der Waals surface area contributed by atoms with Crippen molar-refractivity contribution >= 4 is 27.4 Å². The van der Waals surface area contributed by atoms with E-state index in [4.69, 9.17) is 0 Å². The van der Waals surface area contributed by atoms with E-state index in [2.05, 4.69) is 32.5 Å². The van der Waals surface area contributed by atoms with Gasteiger partial charge in [-0.15, -0.1) is 11.3 Å². The molecule has 1 spiro atoms. The summed E-state index contributed by atoms with van der Waals surface area (Å²) in [4.78, 5) is 11.6. The summed E-state index contributed by atoms with van der Waals surface area (Å²) in [5.74, 6) is 1.16. The first-order valence-corrected chi connectivity index (χ1v) is 8.80. The zero-order valence-corrected chi connectivity index (χ0v) is 13.4. The smallest absolute Gasteiger partial charge is 0.150 e. The second-order valence-electron chi connectivity index (χ2n) is 6.60. The Bertz CT molecular complexity index is 639. The monoisotopic (exact) mass is 302 g/mol. The van der Waals surface area contributed by atoms with E-state index in [0.29, 0.717) is 5.41 Å². The molecule has 4 rings (SSSR count). The minimum atomic E-state index is 0.458. The van der Waals surface area contributed by atoms with E-state index in [-0.39, 0.29) is 0 Å². The van der Waals surface area contributed by atoms with E-state index < -0.39 is 0 Å². The molecule has 1 unspecified atom stereocenters.